The standard InChI is InChI=1S/C20H23NO5/c1-12-6-5-7-17(13(12)2)18(20(23)24)21-19(22)14(3)26-16-10-8-15(25-4)9-11-16/h5-11,14,18H,1-4H3,(H,21,22)(H,23,24). The molecular weight excluding hydrogens is 334 g/mol. The highest BCUT2D eigenvalue weighted by Gasteiger charge is 2.27. The van der Waals surface area contributed by atoms with Crippen molar-refractivity contribution in [2.45, 2.75) is 32.9 Å². The minimum Gasteiger partial charge on any atom is -0.497 e. The maximum Gasteiger partial charge on any atom is 0.330 e. The first-order valence-corrected chi connectivity index (χ1v) is 8.23. The SMILES string of the molecule is COc1ccc(OC(C)C(=O)NC(C(=O)O)c2cccc(C)c2C)cc1. The van der Waals surface area contributed by atoms with Crippen LogP contribution in [0.1, 0.15) is 29.7 Å². The second kappa shape index (κ2) is 8.38. The van der Waals surface area contributed by atoms with Crippen molar-refractivity contribution in [1.82, 2.24) is 5.32 Å². The summed E-state index contributed by atoms with van der Waals surface area (Å²) >= 11 is 0. The van der Waals surface area contributed by atoms with Gasteiger partial charge in [-0.05, 0) is 61.7 Å². The highest BCUT2D eigenvalue weighted by atomic mass is 16.5. The Morgan fingerprint density at radius 1 is 1.04 bits per heavy atom. The number of aryl methyl sites for hydroxylation is 1. The molecule has 0 saturated heterocycles. The molecule has 6 heteroatoms. The Kier molecular flexibility index (Phi) is 6.22. The van der Waals surface area contributed by atoms with Crippen molar-refractivity contribution in [1.29, 1.82) is 0 Å². The molecule has 2 atom stereocenters. The van der Waals surface area contributed by atoms with Crippen LogP contribution in [0.2, 0.25) is 0 Å². The van der Waals surface area contributed by atoms with Gasteiger partial charge in [-0.2, -0.15) is 0 Å². The third-order valence-electron chi connectivity index (χ3n) is 4.23. The fourth-order valence-electron chi connectivity index (χ4n) is 2.53. The van der Waals surface area contributed by atoms with Gasteiger partial charge in [-0.1, -0.05) is 18.2 Å². The number of hydrogen-bond acceptors (Lipinski definition) is 4. The number of carboxylic acid groups (broad SMARTS) is 1. The minimum absolute atomic E-state index is 0.493. The van der Waals surface area contributed by atoms with Crippen molar-refractivity contribution in [3.63, 3.8) is 0 Å². The van der Waals surface area contributed by atoms with E-state index in [2.05, 4.69) is 5.32 Å². The lowest BCUT2D eigenvalue weighted by atomic mass is 9.97. The first-order chi connectivity index (χ1) is 12.3. The summed E-state index contributed by atoms with van der Waals surface area (Å²) in [6.45, 7) is 5.31. The van der Waals surface area contributed by atoms with Crippen molar-refractivity contribution < 1.29 is 24.2 Å². The number of rotatable bonds is 7. The molecule has 2 aromatic carbocycles. The molecule has 26 heavy (non-hydrogen) atoms. The van der Waals surface area contributed by atoms with Crippen LogP contribution in [0.5, 0.6) is 11.5 Å². The van der Waals surface area contributed by atoms with Crippen LogP contribution in [0.25, 0.3) is 0 Å². The predicted molar refractivity (Wildman–Crippen MR) is 97.5 cm³/mol. The molecule has 0 aromatic heterocycles. The van der Waals surface area contributed by atoms with Crippen LogP contribution < -0.4 is 14.8 Å². The van der Waals surface area contributed by atoms with E-state index in [1.54, 1.807) is 50.4 Å². The Bertz CT molecular complexity index is 785. The van der Waals surface area contributed by atoms with E-state index in [4.69, 9.17) is 9.47 Å². The minimum atomic E-state index is -1.13. The topological polar surface area (TPSA) is 84.9 Å². The zero-order valence-corrected chi connectivity index (χ0v) is 15.3. The lowest BCUT2D eigenvalue weighted by Gasteiger charge is -2.21. The summed E-state index contributed by atoms with van der Waals surface area (Å²) in [6.07, 6.45) is -0.852. The predicted octanol–water partition coefficient (Wildman–Crippen LogP) is 3.02. The van der Waals surface area contributed by atoms with Crippen molar-refractivity contribution in [2.75, 3.05) is 7.11 Å². The number of hydrogen-bond donors (Lipinski definition) is 2. The molecule has 2 aromatic rings. The Morgan fingerprint density at radius 2 is 1.65 bits per heavy atom. The highest BCUT2D eigenvalue weighted by molar-refractivity contribution is 5.87. The highest BCUT2D eigenvalue weighted by Crippen LogP contribution is 2.22. The van der Waals surface area contributed by atoms with E-state index in [0.717, 1.165) is 11.1 Å². The first kappa shape index (κ1) is 19.3. The fraction of sp³-hybridized carbons (Fsp3) is 0.300. The summed E-state index contributed by atoms with van der Waals surface area (Å²) in [5.74, 6) is -0.458. The van der Waals surface area contributed by atoms with Crippen LogP contribution in [-0.2, 0) is 9.59 Å². The van der Waals surface area contributed by atoms with Gasteiger partial charge in [-0.15, -0.1) is 0 Å². The van der Waals surface area contributed by atoms with Gasteiger partial charge in [0.05, 0.1) is 7.11 Å². The van der Waals surface area contributed by atoms with Crippen molar-refractivity contribution in [2.24, 2.45) is 0 Å². The molecule has 0 aliphatic heterocycles. The Hall–Kier alpha value is -3.02. The molecule has 0 aliphatic rings. The average Bonchev–Trinajstić information content (AvgIpc) is 2.62. The van der Waals surface area contributed by atoms with Crippen molar-refractivity contribution in [3.8, 4) is 11.5 Å². The lowest BCUT2D eigenvalue weighted by Crippen LogP contribution is -2.41. The normalized spacial score (nSPS) is 12.8. The fourth-order valence-corrected chi connectivity index (χ4v) is 2.53. The second-order valence-electron chi connectivity index (χ2n) is 6.00. The summed E-state index contributed by atoms with van der Waals surface area (Å²) in [5.41, 5.74) is 2.36. The molecule has 0 aliphatic carbocycles. The van der Waals surface area contributed by atoms with Crippen molar-refractivity contribution >= 4 is 11.9 Å². The second-order valence-corrected chi connectivity index (χ2v) is 6.00. The van der Waals surface area contributed by atoms with Gasteiger partial charge >= 0.3 is 5.97 Å². The van der Waals surface area contributed by atoms with E-state index in [1.807, 2.05) is 19.9 Å². The summed E-state index contributed by atoms with van der Waals surface area (Å²) in [6, 6.07) is 11.0. The lowest BCUT2D eigenvalue weighted by molar-refractivity contribution is -0.143. The van der Waals surface area contributed by atoms with E-state index in [0.29, 0.717) is 17.1 Å². The molecule has 0 radical (unpaired) electrons. The maximum atomic E-state index is 12.4. The number of amides is 1. The van der Waals surface area contributed by atoms with Gasteiger partial charge in [0.15, 0.2) is 12.1 Å². The summed E-state index contributed by atoms with van der Waals surface area (Å²) in [7, 11) is 1.56. The monoisotopic (exact) mass is 357 g/mol. The molecule has 0 bridgehead atoms. The Morgan fingerprint density at radius 3 is 2.23 bits per heavy atom. The molecule has 0 spiro atoms. The number of aliphatic carboxylic acids is 1. The third-order valence-corrected chi connectivity index (χ3v) is 4.23. The first-order valence-electron chi connectivity index (χ1n) is 8.23. The number of nitrogens with one attached hydrogen (secondary N) is 1. The largest absolute Gasteiger partial charge is 0.497 e. The van der Waals surface area contributed by atoms with Crippen LogP contribution in [0.3, 0.4) is 0 Å². The van der Waals surface area contributed by atoms with Gasteiger partial charge in [0.2, 0.25) is 0 Å². The number of carbonyl (C=O) groups excluding carboxylic acids is 1. The van der Waals surface area contributed by atoms with Gasteiger partial charge in [0.1, 0.15) is 11.5 Å². The van der Waals surface area contributed by atoms with Crippen LogP contribution >= 0.6 is 0 Å². The quantitative estimate of drug-likeness (QED) is 0.796. The Balaban J connectivity index is 2.11. The van der Waals surface area contributed by atoms with E-state index in [1.165, 1.54) is 0 Å². The smallest absolute Gasteiger partial charge is 0.330 e. The van der Waals surface area contributed by atoms with Crippen LogP contribution in [0, 0.1) is 13.8 Å². The van der Waals surface area contributed by atoms with E-state index < -0.39 is 24.0 Å². The van der Waals surface area contributed by atoms with Gasteiger partial charge in [-0.25, -0.2) is 4.79 Å². The Labute approximate surface area is 152 Å². The zero-order valence-electron chi connectivity index (χ0n) is 15.3. The van der Waals surface area contributed by atoms with Crippen molar-refractivity contribution in [3.05, 3.63) is 59.2 Å². The number of benzene rings is 2. The molecule has 0 fully saturated rings. The number of carboxylic acids is 1. The molecule has 2 N–H and O–H groups in total. The average molecular weight is 357 g/mol. The molecule has 2 rings (SSSR count). The molecular formula is C20H23NO5. The maximum absolute atomic E-state index is 12.4. The van der Waals surface area contributed by atoms with Gasteiger partial charge in [-0.3, -0.25) is 4.79 Å². The van der Waals surface area contributed by atoms with Gasteiger partial charge in [0.25, 0.3) is 5.91 Å². The molecule has 6 nitrogen and oxygen atoms in total. The van der Waals surface area contributed by atoms with E-state index in [9.17, 15) is 14.7 Å². The van der Waals surface area contributed by atoms with E-state index in [-0.39, 0.29) is 0 Å². The summed E-state index contributed by atoms with van der Waals surface area (Å²) in [4.78, 5) is 24.1. The number of ether oxygens (including phenoxy) is 2. The van der Waals surface area contributed by atoms with Crippen LogP contribution in [-0.4, -0.2) is 30.2 Å². The third kappa shape index (κ3) is 4.53. The van der Waals surface area contributed by atoms with E-state index >= 15 is 0 Å². The zero-order chi connectivity index (χ0) is 19.3. The molecule has 0 heterocycles. The van der Waals surface area contributed by atoms with Crippen LogP contribution in [0.4, 0.5) is 0 Å². The van der Waals surface area contributed by atoms with Crippen LogP contribution in [0.15, 0.2) is 42.5 Å². The summed E-state index contributed by atoms with van der Waals surface area (Å²) in [5, 5.41) is 12.1. The van der Waals surface area contributed by atoms with Gasteiger partial charge < -0.3 is 19.9 Å². The number of methoxy groups -OCH3 is 1. The van der Waals surface area contributed by atoms with Gasteiger partial charge in [0, 0.05) is 0 Å². The molecule has 1 amide bonds. The molecule has 138 valence electrons. The number of carbonyl (C=O) groups is 2. The molecule has 2 unspecified atom stereocenters. The molecule has 0 saturated carbocycles. The summed E-state index contributed by atoms with van der Waals surface area (Å²) < 4.78 is 10.7.